The summed E-state index contributed by atoms with van der Waals surface area (Å²) in [7, 11) is 2.64. The Morgan fingerprint density at radius 2 is 0.861 bits per heavy atom. The highest BCUT2D eigenvalue weighted by Crippen LogP contribution is 2.20. The third-order valence-corrected chi connectivity index (χ3v) is 5.12. The van der Waals surface area contributed by atoms with Crippen LogP contribution in [0.1, 0.15) is 43.2 Å². The second-order valence-corrected chi connectivity index (χ2v) is 7.50. The summed E-state index contributed by atoms with van der Waals surface area (Å²) in [6.07, 6.45) is 3.10. The fraction of sp³-hybridized carbons (Fsp3) is 0.0667. The van der Waals surface area contributed by atoms with Crippen LogP contribution >= 0.6 is 0 Å². The molecule has 0 fully saturated rings. The van der Waals surface area contributed by atoms with Crippen molar-refractivity contribution in [3.05, 3.63) is 119 Å². The number of ether oxygens (including phenoxy) is 2. The van der Waals surface area contributed by atoms with Gasteiger partial charge in [0.1, 0.15) is 11.4 Å². The summed E-state index contributed by atoms with van der Waals surface area (Å²) in [5.41, 5.74) is 5.76. The fourth-order valence-corrected chi connectivity index (χ4v) is 3.17. The minimum atomic E-state index is -0.478. The van der Waals surface area contributed by atoms with Gasteiger partial charge >= 0.3 is 11.9 Å². The fourth-order valence-electron chi connectivity index (χ4n) is 3.17. The molecule has 0 saturated heterocycles. The molecule has 6 nitrogen and oxygen atoms in total. The summed E-state index contributed by atoms with van der Waals surface area (Å²) in [4.78, 5) is 31.0. The lowest BCUT2D eigenvalue weighted by Crippen LogP contribution is -2.03. The van der Waals surface area contributed by atoms with Crippen molar-refractivity contribution in [1.82, 2.24) is 9.97 Å². The van der Waals surface area contributed by atoms with Crippen LogP contribution in [0.5, 0.6) is 0 Å². The van der Waals surface area contributed by atoms with E-state index in [9.17, 15) is 9.59 Å². The minimum Gasteiger partial charge on any atom is -0.464 e. The van der Waals surface area contributed by atoms with Crippen molar-refractivity contribution in [2.75, 3.05) is 14.2 Å². The largest absolute Gasteiger partial charge is 0.464 e. The van der Waals surface area contributed by atoms with E-state index in [1.165, 1.54) is 14.2 Å². The summed E-state index contributed by atoms with van der Waals surface area (Å²) < 4.78 is 9.29. The van der Waals surface area contributed by atoms with Crippen LogP contribution in [0.15, 0.2) is 85.2 Å². The Morgan fingerprint density at radius 3 is 1.17 bits per heavy atom. The molecule has 6 heteroatoms. The number of hydrogen-bond donors (Lipinski definition) is 0. The molecule has 2 aromatic heterocycles. The van der Waals surface area contributed by atoms with Crippen LogP contribution in [0, 0.1) is 23.7 Å². The van der Waals surface area contributed by atoms with Gasteiger partial charge in [-0.15, -0.1) is 0 Å². The molecule has 36 heavy (non-hydrogen) atoms. The topological polar surface area (TPSA) is 78.4 Å². The molecule has 0 radical (unpaired) electrons. The number of aromatic nitrogens is 2. The molecule has 174 valence electrons. The van der Waals surface area contributed by atoms with Crippen molar-refractivity contribution in [3.8, 4) is 34.8 Å². The van der Waals surface area contributed by atoms with E-state index < -0.39 is 11.9 Å². The molecule has 0 aliphatic carbocycles. The highest BCUT2D eigenvalue weighted by atomic mass is 16.5. The molecule has 0 aliphatic rings. The number of rotatable bonds is 3. The van der Waals surface area contributed by atoms with Crippen molar-refractivity contribution in [1.29, 1.82) is 0 Å². The Morgan fingerprint density at radius 1 is 0.528 bits per heavy atom. The first-order valence-corrected chi connectivity index (χ1v) is 10.9. The molecule has 0 atom stereocenters. The molecule has 0 bridgehead atoms. The van der Waals surface area contributed by atoms with Gasteiger partial charge in [-0.05, 0) is 59.7 Å². The zero-order valence-corrected chi connectivity index (χ0v) is 19.6. The molecule has 0 unspecified atom stereocenters. The molecule has 0 aliphatic heterocycles. The first kappa shape index (κ1) is 23.9. The van der Waals surface area contributed by atoms with Gasteiger partial charge in [-0.25, -0.2) is 19.6 Å². The van der Waals surface area contributed by atoms with Crippen LogP contribution in [0.25, 0.3) is 11.1 Å². The average Bonchev–Trinajstić information content (AvgIpc) is 2.95. The van der Waals surface area contributed by atoms with Gasteiger partial charge in [-0.1, -0.05) is 47.9 Å². The number of esters is 2. The average molecular weight is 473 g/mol. The summed E-state index contributed by atoms with van der Waals surface area (Å²) in [5, 5.41) is 0. The lowest BCUT2D eigenvalue weighted by atomic mass is 10.0. The molecular formula is C30H20N2O4. The van der Waals surface area contributed by atoms with E-state index in [1.54, 1.807) is 36.7 Å². The lowest BCUT2D eigenvalue weighted by Gasteiger charge is -2.02. The Balaban J connectivity index is 1.41. The normalized spacial score (nSPS) is 9.72. The predicted octanol–water partition coefficient (Wildman–Crippen LogP) is 4.52. The van der Waals surface area contributed by atoms with Crippen LogP contribution < -0.4 is 0 Å². The Hall–Kier alpha value is -5.20. The van der Waals surface area contributed by atoms with E-state index in [2.05, 4.69) is 43.1 Å². The first-order chi connectivity index (χ1) is 17.6. The minimum absolute atomic E-state index is 0.246. The third kappa shape index (κ3) is 6.02. The van der Waals surface area contributed by atoms with Crippen molar-refractivity contribution in [3.63, 3.8) is 0 Å². The van der Waals surface area contributed by atoms with Crippen molar-refractivity contribution in [2.24, 2.45) is 0 Å². The Labute approximate surface area is 209 Å². The summed E-state index contributed by atoms with van der Waals surface area (Å²) in [6.45, 7) is 0. The lowest BCUT2D eigenvalue weighted by molar-refractivity contribution is 0.0585. The van der Waals surface area contributed by atoms with Crippen molar-refractivity contribution in [2.45, 2.75) is 0 Å². The molecular weight excluding hydrogens is 452 g/mol. The van der Waals surface area contributed by atoms with E-state index in [0.29, 0.717) is 11.1 Å². The number of carbonyl (C=O) groups excluding carboxylic acids is 2. The highest BCUT2D eigenvalue weighted by molar-refractivity contribution is 5.87. The van der Waals surface area contributed by atoms with Crippen molar-refractivity contribution >= 4 is 11.9 Å². The molecule has 0 amide bonds. The molecule has 2 aromatic carbocycles. The maximum atomic E-state index is 11.5. The Kier molecular flexibility index (Phi) is 7.51. The van der Waals surface area contributed by atoms with Gasteiger partial charge in [-0.2, -0.15) is 0 Å². The second kappa shape index (κ2) is 11.3. The molecule has 0 saturated carbocycles. The van der Waals surface area contributed by atoms with Crippen LogP contribution in [-0.2, 0) is 9.47 Å². The van der Waals surface area contributed by atoms with E-state index in [0.717, 1.165) is 22.3 Å². The van der Waals surface area contributed by atoms with E-state index >= 15 is 0 Å². The number of hydrogen-bond acceptors (Lipinski definition) is 6. The standard InChI is InChI=1S/C30H20N2O4/c1-35-29(33)27-17-11-23(19-31-27)5-3-21-7-13-25(14-8-21)26-15-9-22(10-16-26)4-6-24-12-18-28(32-20-24)30(34)36-2/h7-20H,1-2H3. The van der Waals surface area contributed by atoms with E-state index in [1.807, 2.05) is 48.5 Å². The van der Waals surface area contributed by atoms with Crippen LogP contribution in [0.3, 0.4) is 0 Å². The summed E-state index contributed by atoms with van der Waals surface area (Å²) >= 11 is 0. The van der Waals surface area contributed by atoms with Gasteiger partial charge in [0.15, 0.2) is 0 Å². The zero-order chi connectivity index (χ0) is 25.3. The third-order valence-electron chi connectivity index (χ3n) is 5.12. The zero-order valence-electron chi connectivity index (χ0n) is 19.6. The van der Waals surface area contributed by atoms with Gasteiger partial charge in [0.05, 0.1) is 14.2 Å². The number of carbonyl (C=O) groups is 2. The maximum Gasteiger partial charge on any atom is 0.356 e. The summed E-state index contributed by atoms with van der Waals surface area (Å²) in [6, 6.07) is 22.5. The molecule has 0 N–H and O–H groups in total. The highest BCUT2D eigenvalue weighted by Gasteiger charge is 2.06. The quantitative estimate of drug-likeness (QED) is 0.322. The molecule has 4 aromatic rings. The SMILES string of the molecule is COC(=O)c1ccc(C#Cc2ccc(-c3ccc(C#Cc4ccc(C(=O)OC)nc4)cc3)cc2)cn1. The van der Waals surface area contributed by atoms with Gasteiger partial charge in [0, 0.05) is 34.6 Å². The smallest absolute Gasteiger partial charge is 0.356 e. The maximum absolute atomic E-state index is 11.5. The van der Waals surface area contributed by atoms with E-state index in [4.69, 9.17) is 0 Å². The number of pyridine rings is 2. The van der Waals surface area contributed by atoms with Gasteiger partial charge in [0.2, 0.25) is 0 Å². The molecule has 2 heterocycles. The summed E-state index contributed by atoms with van der Waals surface area (Å²) in [5.74, 6) is 11.3. The molecule has 0 spiro atoms. The van der Waals surface area contributed by atoms with Gasteiger partial charge in [0.25, 0.3) is 0 Å². The van der Waals surface area contributed by atoms with E-state index in [-0.39, 0.29) is 11.4 Å². The number of nitrogens with zero attached hydrogens (tertiary/aromatic N) is 2. The van der Waals surface area contributed by atoms with Crippen LogP contribution in [0.4, 0.5) is 0 Å². The van der Waals surface area contributed by atoms with Gasteiger partial charge in [-0.3, -0.25) is 0 Å². The Bertz CT molecular complexity index is 1380. The second-order valence-electron chi connectivity index (χ2n) is 7.50. The number of methoxy groups -OCH3 is 2. The van der Waals surface area contributed by atoms with Gasteiger partial charge < -0.3 is 9.47 Å². The van der Waals surface area contributed by atoms with Crippen LogP contribution in [0.2, 0.25) is 0 Å². The van der Waals surface area contributed by atoms with Crippen LogP contribution in [-0.4, -0.2) is 36.1 Å². The number of benzene rings is 2. The van der Waals surface area contributed by atoms with Crippen molar-refractivity contribution < 1.29 is 19.1 Å². The molecule has 4 rings (SSSR count). The first-order valence-electron chi connectivity index (χ1n) is 10.9. The monoisotopic (exact) mass is 472 g/mol. The predicted molar refractivity (Wildman–Crippen MR) is 135 cm³/mol.